The van der Waals surface area contributed by atoms with Crippen molar-refractivity contribution in [3.63, 3.8) is 0 Å². The zero-order chi connectivity index (χ0) is 17.8. The smallest absolute Gasteiger partial charge is 0.249 e. The van der Waals surface area contributed by atoms with Crippen LogP contribution in [-0.2, 0) is 4.74 Å². The van der Waals surface area contributed by atoms with E-state index >= 15 is 0 Å². The minimum Gasteiger partial charge on any atom is -0.381 e. The third-order valence-electron chi connectivity index (χ3n) is 4.24. The van der Waals surface area contributed by atoms with E-state index in [9.17, 15) is 0 Å². The molecule has 1 unspecified atom stereocenters. The van der Waals surface area contributed by atoms with Crippen molar-refractivity contribution >= 4 is 17.4 Å². The lowest BCUT2D eigenvalue weighted by molar-refractivity contribution is 0.0571. The maximum Gasteiger partial charge on any atom is 0.249 e. The fraction of sp³-hybridized carbons (Fsp3) is 0.529. The number of hydrogen-bond acceptors (Lipinski definition) is 7. The number of hydrogen-bond donors (Lipinski definition) is 1. The molecule has 1 fully saturated rings. The highest BCUT2D eigenvalue weighted by atomic mass is 35.5. The summed E-state index contributed by atoms with van der Waals surface area (Å²) in [5, 5.41) is 16.7. The van der Waals surface area contributed by atoms with Crippen LogP contribution in [0.25, 0.3) is 0 Å². The highest BCUT2D eigenvalue weighted by molar-refractivity contribution is 6.33. The van der Waals surface area contributed by atoms with E-state index in [1.54, 1.807) is 6.07 Å². The van der Waals surface area contributed by atoms with E-state index in [4.69, 9.17) is 26.1 Å². The number of pyridine rings is 1. The number of aromatic nitrogens is 3. The van der Waals surface area contributed by atoms with E-state index in [-0.39, 0.29) is 17.9 Å². The second-order valence-electron chi connectivity index (χ2n) is 6.38. The van der Waals surface area contributed by atoms with Gasteiger partial charge in [-0.15, -0.1) is 0 Å². The van der Waals surface area contributed by atoms with Crippen LogP contribution in [-0.4, -0.2) is 28.3 Å². The highest BCUT2D eigenvalue weighted by Crippen LogP contribution is 2.34. The first-order valence-electron chi connectivity index (χ1n) is 8.32. The number of nitrogens with zero attached hydrogens (tertiary/aromatic N) is 4. The van der Waals surface area contributed by atoms with Crippen molar-refractivity contribution in [2.75, 3.05) is 18.5 Å². The van der Waals surface area contributed by atoms with E-state index in [2.05, 4.69) is 20.4 Å². The fourth-order valence-corrected chi connectivity index (χ4v) is 3.01. The summed E-state index contributed by atoms with van der Waals surface area (Å²) in [6.07, 6.45) is 3.25. The summed E-state index contributed by atoms with van der Waals surface area (Å²) in [4.78, 5) is 8.81. The first-order valence-corrected chi connectivity index (χ1v) is 8.69. The zero-order valence-corrected chi connectivity index (χ0v) is 15.0. The maximum absolute atomic E-state index is 8.96. The number of nitrogens with one attached hydrogen (secondary N) is 1. The van der Waals surface area contributed by atoms with Crippen LogP contribution >= 0.6 is 11.6 Å². The van der Waals surface area contributed by atoms with Crippen LogP contribution in [0.15, 0.2) is 16.8 Å². The van der Waals surface area contributed by atoms with Gasteiger partial charge in [-0.3, -0.25) is 0 Å². The summed E-state index contributed by atoms with van der Waals surface area (Å²) in [6.45, 7) is 5.43. The summed E-state index contributed by atoms with van der Waals surface area (Å²) in [6, 6.07) is 3.41. The van der Waals surface area contributed by atoms with E-state index in [1.807, 2.05) is 19.9 Å². The van der Waals surface area contributed by atoms with Gasteiger partial charge in [-0.1, -0.05) is 30.6 Å². The molecule has 1 atom stereocenters. The molecule has 1 aliphatic heterocycles. The van der Waals surface area contributed by atoms with Gasteiger partial charge in [0.05, 0.1) is 10.6 Å². The van der Waals surface area contributed by atoms with Gasteiger partial charge in [-0.25, -0.2) is 4.98 Å². The SMILES string of the molecule is CC(C)c1noc(C(Nc2ncc(C#N)cc2Cl)C2CCOCC2)n1. The predicted molar refractivity (Wildman–Crippen MR) is 92.3 cm³/mol. The molecule has 1 saturated heterocycles. The Kier molecular flexibility index (Phi) is 5.51. The van der Waals surface area contributed by atoms with Crippen molar-refractivity contribution in [3.8, 4) is 6.07 Å². The van der Waals surface area contributed by atoms with Crippen LogP contribution in [0.4, 0.5) is 5.82 Å². The fourth-order valence-electron chi connectivity index (χ4n) is 2.79. The van der Waals surface area contributed by atoms with Gasteiger partial charge in [0.1, 0.15) is 17.9 Å². The van der Waals surface area contributed by atoms with Gasteiger partial charge in [0.25, 0.3) is 0 Å². The van der Waals surface area contributed by atoms with E-state index in [0.29, 0.717) is 41.3 Å². The lowest BCUT2D eigenvalue weighted by Crippen LogP contribution is -2.27. The predicted octanol–water partition coefficient (Wildman–Crippen LogP) is 3.69. The number of rotatable bonds is 5. The van der Waals surface area contributed by atoms with Gasteiger partial charge >= 0.3 is 0 Å². The highest BCUT2D eigenvalue weighted by Gasteiger charge is 2.31. The van der Waals surface area contributed by atoms with Gasteiger partial charge in [0.2, 0.25) is 5.89 Å². The lowest BCUT2D eigenvalue weighted by atomic mass is 9.91. The van der Waals surface area contributed by atoms with Crippen molar-refractivity contribution < 1.29 is 9.26 Å². The summed E-state index contributed by atoms with van der Waals surface area (Å²) >= 11 is 6.27. The molecule has 132 valence electrons. The van der Waals surface area contributed by atoms with Crippen LogP contribution in [0.5, 0.6) is 0 Å². The van der Waals surface area contributed by atoms with Crippen LogP contribution < -0.4 is 5.32 Å². The molecule has 0 aromatic carbocycles. The number of halogens is 1. The zero-order valence-electron chi connectivity index (χ0n) is 14.2. The number of nitriles is 1. The molecule has 1 aliphatic rings. The standard InChI is InChI=1S/C17H20ClN5O2/c1-10(2)15-22-17(25-23-15)14(12-3-5-24-6-4-12)21-16-13(18)7-11(8-19)9-20-16/h7,9-10,12,14H,3-6H2,1-2H3,(H,20,21). The summed E-state index contributed by atoms with van der Waals surface area (Å²) in [5.74, 6) is 2.15. The van der Waals surface area contributed by atoms with Crippen molar-refractivity contribution in [1.82, 2.24) is 15.1 Å². The molecule has 3 rings (SSSR count). The lowest BCUT2D eigenvalue weighted by Gasteiger charge is -2.29. The Morgan fingerprint density at radius 3 is 2.72 bits per heavy atom. The van der Waals surface area contributed by atoms with Gasteiger partial charge in [-0.05, 0) is 24.8 Å². The molecular weight excluding hydrogens is 342 g/mol. The maximum atomic E-state index is 8.96. The molecule has 0 aliphatic carbocycles. The van der Waals surface area contributed by atoms with Gasteiger partial charge in [-0.2, -0.15) is 10.2 Å². The van der Waals surface area contributed by atoms with Gasteiger partial charge < -0.3 is 14.6 Å². The van der Waals surface area contributed by atoms with Crippen LogP contribution in [0.2, 0.25) is 5.02 Å². The third-order valence-corrected chi connectivity index (χ3v) is 4.53. The summed E-state index contributed by atoms with van der Waals surface area (Å²) in [7, 11) is 0. The number of anilines is 1. The van der Waals surface area contributed by atoms with Crippen LogP contribution in [0.1, 0.15) is 55.9 Å². The second kappa shape index (κ2) is 7.81. The molecule has 0 radical (unpaired) electrons. The van der Waals surface area contributed by atoms with Crippen LogP contribution in [0.3, 0.4) is 0 Å². The average molecular weight is 362 g/mol. The first-order chi connectivity index (χ1) is 12.1. The van der Waals surface area contributed by atoms with E-state index < -0.39 is 0 Å². The minimum absolute atomic E-state index is 0.185. The first kappa shape index (κ1) is 17.6. The Balaban J connectivity index is 1.89. The van der Waals surface area contributed by atoms with Gasteiger partial charge in [0.15, 0.2) is 5.82 Å². The van der Waals surface area contributed by atoms with Crippen molar-refractivity contribution in [2.45, 2.75) is 38.6 Å². The van der Waals surface area contributed by atoms with Crippen molar-refractivity contribution in [3.05, 3.63) is 34.6 Å². The average Bonchev–Trinajstić information content (AvgIpc) is 3.11. The molecule has 0 saturated carbocycles. The Bertz CT molecular complexity index is 765. The minimum atomic E-state index is -0.207. The molecule has 0 amide bonds. The molecule has 2 aromatic heterocycles. The van der Waals surface area contributed by atoms with Gasteiger partial charge in [0, 0.05) is 25.3 Å². The normalized spacial score (nSPS) is 16.6. The van der Waals surface area contributed by atoms with E-state index in [1.165, 1.54) is 6.20 Å². The quantitative estimate of drug-likeness (QED) is 0.867. The largest absolute Gasteiger partial charge is 0.381 e. The second-order valence-corrected chi connectivity index (χ2v) is 6.79. The molecule has 1 N–H and O–H groups in total. The molecule has 3 heterocycles. The Morgan fingerprint density at radius 1 is 1.36 bits per heavy atom. The molecule has 8 heteroatoms. The van der Waals surface area contributed by atoms with Crippen molar-refractivity contribution in [1.29, 1.82) is 5.26 Å². The third kappa shape index (κ3) is 4.09. The molecule has 7 nitrogen and oxygen atoms in total. The topological polar surface area (TPSA) is 96.9 Å². The van der Waals surface area contributed by atoms with E-state index in [0.717, 1.165) is 12.8 Å². The molecule has 0 spiro atoms. The Hall–Kier alpha value is -2.17. The molecule has 2 aromatic rings. The number of ether oxygens (including phenoxy) is 1. The molecular formula is C17H20ClN5O2. The van der Waals surface area contributed by atoms with Crippen molar-refractivity contribution in [2.24, 2.45) is 5.92 Å². The summed E-state index contributed by atoms with van der Waals surface area (Å²) in [5.41, 5.74) is 0.415. The monoisotopic (exact) mass is 361 g/mol. The Labute approximate surface area is 151 Å². The van der Waals surface area contributed by atoms with Crippen LogP contribution in [0, 0.1) is 17.2 Å². The Morgan fingerprint density at radius 2 is 2.12 bits per heavy atom. The molecule has 25 heavy (non-hydrogen) atoms. The molecule has 0 bridgehead atoms. The summed E-state index contributed by atoms with van der Waals surface area (Å²) < 4.78 is 11.0.